The summed E-state index contributed by atoms with van der Waals surface area (Å²) >= 11 is 0. The van der Waals surface area contributed by atoms with Crippen molar-refractivity contribution in [2.75, 3.05) is 29.1 Å². The van der Waals surface area contributed by atoms with Gasteiger partial charge in [-0.15, -0.1) is 0 Å². The lowest BCUT2D eigenvalue weighted by molar-refractivity contribution is -0.137. The van der Waals surface area contributed by atoms with E-state index in [-0.39, 0.29) is 25.0 Å². The molecule has 0 unspecified atom stereocenters. The van der Waals surface area contributed by atoms with Crippen LogP contribution < -0.4 is 16.0 Å². The molecule has 3 rings (SSSR count). The van der Waals surface area contributed by atoms with Crippen molar-refractivity contribution in [2.45, 2.75) is 19.0 Å². The van der Waals surface area contributed by atoms with Gasteiger partial charge in [-0.2, -0.15) is 18.2 Å². The molecule has 1 aliphatic rings. The summed E-state index contributed by atoms with van der Waals surface area (Å²) in [5.74, 6) is -0.513. The highest BCUT2D eigenvalue weighted by atomic mass is 19.4. The molecular formula is C16H16F3N5O2. The van der Waals surface area contributed by atoms with Gasteiger partial charge in [-0.25, -0.2) is 4.98 Å². The highest BCUT2D eigenvalue weighted by molar-refractivity contribution is 5.94. The normalized spacial score (nSPS) is 13.8. The number of aliphatic hydroxyl groups is 1. The molecule has 2 heterocycles. The molecule has 0 atom stereocenters. The zero-order chi connectivity index (χ0) is 18.7. The zero-order valence-electron chi connectivity index (χ0n) is 13.5. The molecule has 1 aliphatic heterocycles. The average Bonchev–Trinajstić information content (AvgIpc) is 2.59. The number of halogens is 3. The van der Waals surface area contributed by atoms with Crippen LogP contribution in [-0.2, 0) is 17.4 Å². The van der Waals surface area contributed by atoms with Gasteiger partial charge < -0.3 is 21.1 Å². The van der Waals surface area contributed by atoms with Crippen LogP contribution in [0.2, 0.25) is 0 Å². The van der Waals surface area contributed by atoms with E-state index in [2.05, 4.69) is 25.9 Å². The number of rotatable bonds is 5. The first-order valence-electron chi connectivity index (χ1n) is 7.85. The molecule has 7 nitrogen and oxygen atoms in total. The Morgan fingerprint density at radius 3 is 2.81 bits per heavy atom. The van der Waals surface area contributed by atoms with Gasteiger partial charge in [0.25, 0.3) is 0 Å². The third kappa shape index (κ3) is 4.02. The first-order chi connectivity index (χ1) is 12.4. The van der Waals surface area contributed by atoms with Crippen LogP contribution in [0.25, 0.3) is 0 Å². The summed E-state index contributed by atoms with van der Waals surface area (Å²) in [5.41, 5.74) is 0.891. The average molecular weight is 367 g/mol. The minimum absolute atomic E-state index is 0.0280. The number of alkyl halides is 3. The van der Waals surface area contributed by atoms with Crippen LogP contribution in [0.5, 0.6) is 0 Å². The number of hydrogen-bond donors (Lipinski definition) is 4. The predicted molar refractivity (Wildman–Crippen MR) is 89.3 cm³/mol. The van der Waals surface area contributed by atoms with E-state index in [4.69, 9.17) is 5.11 Å². The number of anilines is 4. The molecule has 0 bridgehead atoms. The number of nitrogens with one attached hydrogen (secondary N) is 3. The van der Waals surface area contributed by atoms with E-state index in [1.807, 2.05) is 0 Å². The molecule has 0 saturated carbocycles. The van der Waals surface area contributed by atoms with Gasteiger partial charge in [-0.05, 0) is 30.2 Å². The molecule has 0 saturated heterocycles. The maximum absolute atomic E-state index is 13.2. The predicted octanol–water partition coefficient (Wildman–Crippen LogP) is 2.53. The number of fused-ring (bicyclic) bond motifs is 1. The lowest BCUT2D eigenvalue weighted by atomic mass is 10.0. The first kappa shape index (κ1) is 17.9. The summed E-state index contributed by atoms with van der Waals surface area (Å²) in [6.45, 7) is -0.0902. The molecule has 4 N–H and O–H groups in total. The topological polar surface area (TPSA) is 99.2 Å². The van der Waals surface area contributed by atoms with E-state index in [1.54, 1.807) is 18.2 Å². The second-order valence-corrected chi connectivity index (χ2v) is 5.65. The third-order valence-electron chi connectivity index (χ3n) is 3.75. The Hall–Kier alpha value is -2.88. The molecule has 0 spiro atoms. The van der Waals surface area contributed by atoms with Gasteiger partial charge in [0.05, 0.1) is 6.61 Å². The second-order valence-electron chi connectivity index (χ2n) is 5.65. The molecular weight excluding hydrogens is 351 g/mol. The van der Waals surface area contributed by atoms with Crippen molar-refractivity contribution in [2.24, 2.45) is 0 Å². The smallest absolute Gasteiger partial charge is 0.395 e. The van der Waals surface area contributed by atoms with Gasteiger partial charge in [0, 0.05) is 30.5 Å². The standard InChI is InChI=1S/C16H16F3N5O2/c17-16(18,19)11-8-21-15(20-5-6-25)24-14(11)22-10-2-3-12-9(7-10)1-4-13(26)23-12/h2-3,7-8,25H,1,4-6H2,(H,23,26)(H2,20,21,22,24). The molecule has 2 aromatic rings. The summed E-state index contributed by atoms with van der Waals surface area (Å²) in [6, 6.07) is 4.87. The van der Waals surface area contributed by atoms with Gasteiger partial charge in [-0.3, -0.25) is 4.79 Å². The van der Waals surface area contributed by atoms with Crippen LogP contribution in [-0.4, -0.2) is 34.1 Å². The van der Waals surface area contributed by atoms with E-state index in [9.17, 15) is 18.0 Å². The van der Waals surface area contributed by atoms with Crippen LogP contribution in [0.4, 0.5) is 36.3 Å². The van der Waals surface area contributed by atoms with E-state index >= 15 is 0 Å². The number of amides is 1. The van der Waals surface area contributed by atoms with Crippen LogP contribution in [0.1, 0.15) is 17.5 Å². The number of aryl methyl sites for hydroxylation is 1. The molecule has 0 radical (unpaired) electrons. The second kappa shape index (κ2) is 7.16. The van der Waals surface area contributed by atoms with Crippen molar-refractivity contribution in [3.8, 4) is 0 Å². The molecule has 10 heteroatoms. The summed E-state index contributed by atoms with van der Waals surface area (Å²) in [6.07, 6.45) is -3.10. The Balaban J connectivity index is 1.91. The van der Waals surface area contributed by atoms with Gasteiger partial charge >= 0.3 is 6.18 Å². The number of carbonyl (C=O) groups is 1. The fourth-order valence-corrected chi connectivity index (χ4v) is 2.54. The molecule has 26 heavy (non-hydrogen) atoms. The monoisotopic (exact) mass is 367 g/mol. The highest BCUT2D eigenvalue weighted by Gasteiger charge is 2.35. The van der Waals surface area contributed by atoms with Gasteiger partial charge in [-0.1, -0.05) is 0 Å². The fraction of sp³-hybridized carbons (Fsp3) is 0.312. The zero-order valence-corrected chi connectivity index (χ0v) is 13.5. The van der Waals surface area contributed by atoms with Crippen molar-refractivity contribution in [1.29, 1.82) is 0 Å². The third-order valence-corrected chi connectivity index (χ3v) is 3.75. The molecule has 1 aromatic heterocycles. The van der Waals surface area contributed by atoms with E-state index < -0.39 is 17.6 Å². The number of benzene rings is 1. The summed E-state index contributed by atoms with van der Waals surface area (Å²) < 4.78 is 39.7. The molecule has 1 aromatic carbocycles. The molecule has 138 valence electrons. The van der Waals surface area contributed by atoms with E-state index in [1.165, 1.54) is 0 Å². The van der Waals surface area contributed by atoms with Crippen molar-refractivity contribution >= 4 is 29.0 Å². The Morgan fingerprint density at radius 1 is 1.27 bits per heavy atom. The summed E-state index contributed by atoms with van der Waals surface area (Å²) in [5, 5.41) is 16.8. The van der Waals surface area contributed by atoms with Crippen molar-refractivity contribution in [1.82, 2.24) is 9.97 Å². The molecule has 1 amide bonds. The molecule has 0 fully saturated rings. The SMILES string of the molecule is O=C1CCc2cc(Nc3nc(NCCO)ncc3C(F)(F)F)ccc2N1. The lowest BCUT2D eigenvalue weighted by Crippen LogP contribution is -2.19. The van der Waals surface area contributed by atoms with E-state index in [0.29, 0.717) is 30.4 Å². The largest absolute Gasteiger partial charge is 0.421 e. The number of nitrogens with zero attached hydrogens (tertiary/aromatic N) is 2. The minimum Gasteiger partial charge on any atom is -0.395 e. The fourth-order valence-electron chi connectivity index (χ4n) is 2.54. The Bertz CT molecular complexity index is 826. The van der Waals surface area contributed by atoms with Gasteiger partial charge in [0.15, 0.2) is 0 Å². The maximum atomic E-state index is 13.2. The maximum Gasteiger partial charge on any atom is 0.421 e. The number of aliphatic hydroxyl groups excluding tert-OH is 1. The minimum atomic E-state index is -4.62. The summed E-state index contributed by atoms with van der Waals surface area (Å²) in [7, 11) is 0. The van der Waals surface area contributed by atoms with Crippen molar-refractivity contribution in [3.63, 3.8) is 0 Å². The van der Waals surface area contributed by atoms with Crippen molar-refractivity contribution < 1.29 is 23.1 Å². The highest BCUT2D eigenvalue weighted by Crippen LogP contribution is 2.35. The summed E-state index contributed by atoms with van der Waals surface area (Å²) in [4.78, 5) is 18.9. The molecule has 0 aliphatic carbocycles. The number of carbonyl (C=O) groups excluding carboxylic acids is 1. The van der Waals surface area contributed by atoms with Crippen molar-refractivity contribution in [3.05, 3.63) is 35.5 Å². The van der Waals surface area contributed by atoms with Crippen LogP contribution in [0.15, 0.2) is 24.4 Å². The van der Waals surface area contributed by atoms with Gasteiger partial charge in [0.1, 0.15) is 11.4 Å². The van der Waals surface area contributed by atoms with Crippen LogP contribution >= 0.6 is 0 Å². The Morgan fingerprint density at radius 2 is 2.08 bits per heavy atom. The Labute approximate surface area is 146 Å². The van der Waals surface area contributed by atoms with Crippen LogP contribution in [0, 0.1) is 0 Å². The number of aromatic nitrogens is 2. The quantitative estimate of drug-likeness (QED) is 0.648. The van der Waals surface area contributed by atoms with E-state index in [0.717, 1.165) is 5.56 Å². The van der Waals surface area contributed by atoms with Gasteiger partial charge in [0.2, 0.25) is 11.9 Å². The first-order valence-corrected chi connectivity index (χ1v) is 7.85. The van der Waals surface area contributed by atoms with Crippen LogP contribution in [0.3, 0.4) is 0 Å². The Kier molecular flexibility index (Phi) is 4.94. The lowest BCUT2D eigenvalue weighted by Gasteiger charge is -2.19. The number of hydrogen-bond acceptors (Lipinski definition) is 6.